The van der Waals surface area contributed by atoms with Crippen LogP contribution in [0.15, 0.2) is 158 Å². The van der Waals surface area contributed by atoms with E-state index in [4.69, 9.17) is 9.05 Å². The Kier molecular flexibility index (Phi) is 6.18. The van der Waals surface area contributed by atoms with Crippen LogP contribution in [0.4, 0.5) is 0 Å². The van der Waals surface area contributed by atoms with Gasteiger partial charge in [-0.3, -0.25) is 0 Å². The summed E-state index contributed by atoms with van der Waals surface area (Å²) in [5, 5.41) is 9.27. The fraction of sp³-hybridized carbons (Fsp3) is 0. The van der Waals surface area contributed by atoms with Crippen molar-refractivity contribution in [2.24, 2.45) is 0 Å². The van der Waals surface area contributed by atoms with Crippen molar-refractivity contribution >= 4 is 58.6 Å². The number of rotatable bonds is 4. The lowest BCUT2D eigenvalue weighted by molar-refractivity contribution is 0.421. The monoisotopic (exact) mass is 589 g/mol. The van der Waals surface area contributed by atoms with Crippen molar-refractivity contribution in [3.63, 3.8) is 0 Å². The standard InChI is InChI=1S/C38H26O3PSi/c39-42-40-34-25-24-27-14-10-11-21-31(27)37(34)38-33-23-13-12-22-32(33)36(26-35(38)41-42)43(28-15-4-1-5-16-28,29-17-6-2-7-18-29)30-19-8-3-9-20-30/h1-26H/q+1. The van der Waals surface area contributed by atoms with Crippen molar-refractivity contribution in [1.29, 1.82) is 0 Å². The van der Waals surface area contributed by atoms with Crippen LogP contribution < -0.4 is 29.8 Å². The molecule has 0 radical (unpaired) electrons. The molecule has 7 aromatic carbocycles. The molecule has 43 heavy (non-hydrogen) atoms. The summed E-state index contributed by atoms with van der Waals surface area (Å²) in [7, 11) is -5.37. The summed E-state index contributed by atoms with van der Waals surface area (Å²) in [6.45, 7) is 0. The molecule has 8 rings (SSSR count). The van der Waals surface area contributed by atoms with Gasteiger partial charge in [-0.25, -0.2) is 9.05 Å². The summed E-state index contributed by atoms with van der Waals surface area (Å²) < 4.78 is 25.6. The molecule has 0 aromatic heterocycles. The number of hydrogen-bond acceptors (Lipinski definition) is 3. The fourth-order valence-corrected chi connectivity index (χ4v) is 12.4. The lowest BCUT2D eigenvalue weighted by Crippen LogP contribution is -2.74. The first-order valence-electron chi connectivity index (χ1n) is 14.3. The third-order valence-corrected chi connectivity index (χ3v) is 14.0. The highest BCUT2D eigenvalue weighted by Crippen LogP contribution is 2.51. The molecule has 0 aliphatic carbocycles. The Morgan fingerprint density at radius 1 is 0.442 bits per heavy atom. The van der Waals surface area contributed by atoms with Crippen LogP contribution >= 0.6 is 8.25 Å². The highest BCUT2D eigenvalue weighted by atomic mass is 31.1. The smallest absolute Gasteiger partial charge is 0.221 e. The zero-order valence-corrected chi connectivity index (χ0v) is 25.1. The molecule has 3 nitrogen and oxygen atoms in total. The molecule has 1 atom stereocenters. The maximum Gasteiger partial charge on any atom is 0.805 e. The van der Waals surface area contributed by atoms with Crippen LogP contribution in [-0.4, -0.2) is 8.07 Å². The predicted octanol–water partition coefficient (Wildman–Crippen LogP) is 7.47. The lowest BCUT2D eigenvalue weighted by Gasteiger charge is -2.35. The highest BCUT2D eigenvalue weighted by molar-refractivity contribution is 7.34. The minimum atomic E-state index is -2.92. The van der Waals surface area contributed by atoms with Crippen LogP contribution in [0, 0.1) is 0 Å². The Bertz CT molecular complexity index is 2050. The van der Waals surface area contributed by atoms with Crippen molar-refractivity contribution in [1.82, 2.24) is 0 Å². The van der Waals surface area contributed by atoms with Crippen molar-refractivity contribution in [3.05, 3.63) is 158 Å². The molecule has 1 heterocycles. The van der Waals surface area contributed by atoms with Gasteiger partial charge in [0, 0.05) is 15.7 Å². The lowest BCUT2D eigenvalue weighted by atomic mass is 9.92. The average molecular weight is 590 g/mol. The third-order valence-electron chi connectivity index (χ3n) is 8.52. The van der Waals surface area contributed by atoms with Crippen LogP contribution in [0.25, 0.3) is 32.7 Å². The van der Waals surface area contributed by atoms with Gasteiger partial charge in [0.2, 0.25) is 0 Å². The Balaban J connectivity index is 1.58. The average Bonchev–Trinajstić information content (AvgIpc) is 3.22. The van der Waals surface area contributed by atoms with Gasteiger partial charge in [-0.05, 0) is 54.4 Å². The molecular formula is C38H26O3PSi+. The molecule has 1 aliphatic rings. The summed E-state index contributed by atoms with van der Waals surface area (Å²) in [5.74, 6) is 1.14. The van der Waals surface area contributed by atoms with Crippen LogP contribution in [0.2, 0.25) is 0 Å². The van der Waals surface area contributed by atoms with E-state index < -0.39 is 16.3 Å². The van der Waals surface area contributed by atoms with E-state index in [1.165, 1.54) is 20.7 Å². The summed E-state index contributed by atoms with van der Waals surface area (Å²) in [5.41, 5.74) is 1.81. The third kappa shape index (κ3) is 4.03. The summed E-state index contributed by atoms with van der Waals surface area (Å²) in [6, 6.07) is 55.3. The van der Waals surface area contributed by atoms with Gasteiger partial charge in [0.15, 0.2) is 19.6 Å². The number of fused-ring (bicyclic) bond motifs is 7. The molecular weight excluding hydrogens is 563 g/mol. The van der Waals surface area contributed by atoms with E-state index in [1.54, 1.807) is 0 Å². The molecule has 7 aromatic rings. The summed E-state index contributed by atoms with van der Waals surface area (Å²) in [6.07, 6.45) is 0. The van der Waals surface area contributed by atoms with Crippen LogP contribution in [-0.2, 0) is 4.57 Å². The molecule has 0 saturated heterocycles. The first-order valence-corrected chi connectivity index (χ1v) is 17.4. The maximum atomic E-state index is 13.4. The predicted molar refractivity (Wildman–Crippen MR) is 179 cm³/mol. The zero-order valence-electron chi connectivity index (χ0n) is 23.2. The van der Waals surface area contributed by atoms with Crippen molar-refractivity contribution in [3.8, 4) is 22.6 Å². The normalized spacial score (nSPS) is 13.4. The van der Waals surface area contributed by atoms with E-state index in [1.807, 2.05) is 24.3 Å². The first-order chi connectivity index (χ1) is 21.2. The van der Waals surface area contributed by atoms with Crippen LogP contribution in [0.5, 0.6) is 11.5 Å². The Morgan fingerprint density at radius 3 is 1.51 bits per heavy atom. The number of hydrogen-bond donors (Lipinski definition) is 0. The molecule has 1 unspecified atom stereocenters. The van der Waals surface area contributed by atoms with E-state index in [2.05, 4.69) is 133 Å². The second-order valence-corrected chi connectivity index (χ2v) is 15.3. The van der Waals surface area contributed by atoms with E-state index in [-0.39, 0.29) is 0 Å². The first kappa shape index (κ1) is 25.7. The Labute approximate surface area is 252 Å². The summed E-state index contributed by atoms with van der Waals surface area (Å²) >= 11 is 0. The van der Waals surface area contributed by atoms with Crippen LogP contribution in [0.1, 0.15) is 0 Å². The van der Waals surface area contributed by atoms with E-state index in [0.29, 0.717) is 11.5 Å². The Hall–Kier alpha value is -5.02. The SMILES string of the molecule is O=[P+]1Oc2ccc3ccccc3c2-c2c(cc([Si](c3ccccc3)(c3ccccc3)c3ccccc3)c3ccccc23)O1. The second kappa shape index (κ2) is 10.4. The Morgan fingerprint density at radius 2 is 0.907 bits per heavy atom. The molecule has 0 bridgehead atoms. The van der Waals surface area contributed by atoms with Gasteiger partial charge in [0.25, 0.3) is 0 Å². The second-order valence-electron chi connectivity index (χ2n) is 10.8. The number of benzene rings is 7. The zero-order chi connectivity index (χ0) is 28.8. The van der Waals surface area contributed by atoms with Crippen LogP contribution in [0.3, 0.4) is 0 Å². The summed E-state index contributed by atoms with van der Waals surface area (Å²) in [4.78, 5) is 0. The molecule has 0 fully saturated rings. The molecule has 0 spiro atoms. The van der Waals surface area contributed by atoms with E-state index in [9.17, 15) is 4.57 Å². The minimum Gasteiger partial charge on any atom is -0.221 e. The molecule has 5 heteroatoms. The van der Waals surface area contributed by atoms with Gasteiger partial charge >= 0.3 is 8.25 Å². The maximum absolute atomic E-state index is 13.4. The minimum absolute atomic E-state index is 0.564. The van der Waals surface area contributed by atoms with Crippen molar-refractivity contribution in [2.75, 3.05) is 0 Å². The van der Waals surface area contributed by atoms with Gasteiger partial charge in [0.05, 0.1) is 0 Å². The van der Waals surface area contributed by atoms with E-state index in [0.717, 1.165) is 32.7 Å². The van der Waals surface area contributed by atoms with Crippen molar-refractivity contribution < 1.29 is 13.6 Å². The quantitative estimate of drug-likeness (QED) is 0.121. The molecule has 0 amide bonds. The van der Waals surface area contributed by atoms with Gasteiger partial charge in [0.1, 0.15) is 0 Å². The van der Waals surface area contributed by atoms with Gasteiger partial charge in [-0.15, -0.1) is 0 Å². The van der Waals surface area contributed by atoms with Gasteiger partial charge in [-0.1, -0.05) is 146 Å². The fourth-order valence-electron chi connectivity index (χ4n) is 6.79. The molecule has 204 valence electrons. The van der Waals surface area contributed by atoms with Crippen molar-refractivity contribution in [2.45, 2.75) is 0 Å². The van der Waals surface area contributed by atoms with Gasteiger partial charge < -0.3 is 0 Å². The highest BCUT2D eigenvalue weighted by Gasteiger charge is 2.45. The van der Waals surface area contributed by atoms with E-state index >= 15 is 0 Å². The molecule has 1 aliphatic heterocycles. The van der Waals surface area contributed by atoms with Gasteiger partial charge in [-0.2, -0.15) is 0 Å². The molecule has 0 N–H and O–H groups in total. The topological polar surface area (TPSA) is 35.5 Å². The largest absolute Gasteiger partial charge is 0.805 e. The molecule has 0 saturated carbocycles.